The van der Waals surface area contributed by atoms with Crippen LogP contribution in [-0.2, 0) is 0 Å². The first-order valence-corrected chi connectivity index (χ1v) is 8.27. The van der Waals surface area contributed by atoms with Crippen LogP contribution in [0.5, 0.6) is 5.75 Å². The molecule has 0 radical (unpaired) electrons. The zero-order valence-electron chi connectivity index (χ0n) is 14.1. The molecule has 118 valence electrons. The average Bonchev–Trinajstić information content (AvgIpc) is 2.49. The molecule has 3 nitrogen and oxygen atoms in total. The van der Waals surface area contributed by atoms with E-state index >= 15 is 0 Å². The van der Waals surface area contributed by atoms with Crippen LogP contribution >= 0.6 is 0 Å². The topological polar surface area (TPSA) is 24.5 Å². The quantitative estimate of drug-likeness (QED) is 0.887. The molecular weight excluding hydrogens is 260 g/mol. The normalized spacial score (nSPS) is 24.0. The molecule has 0 aromatic heterocycles. The molecule has 1 heterocycles. The summed E-state index contributed by atoms with van der Waals surface area (Å²) >= 11 is 0. The monoisotopic (exact) mass is 290 g/mol. The Morgan fingerprint density at radius 1 is 1.38 bits per heavy atom. The lowest BCUT2D eigenvalue weighted by atomic mass is 9.90. The molecule has 1 aliphatic rings. The Morgan fingerprint density at radius 3 is 2.81 bits per heavy atom. The fraction of sp³-hybridized carbons (Fsp3) is 0.667. The minimum Gasteiger partial charge on any atom is -0.496 e. The summed E-state index contributed by atoms with van der Waals surface area (Å²) in [4.78, 5) is 2.57. The number of nitrogens with zero attached hydrogens (tertiary/aromatic N) is 1. The molecule has 1 aliphatic heterocycles. The highest BCUT2D eigenvalue weighted by molar-refractivity contribution is 5.61. The van der Waals surface area contributed by atoms with Gasteiger partial charge in [0.2, 0.25) is 0 Å². The van der Waals surface area contributed by atoms with Crippen LogP contribution in [0.15, 0.2) is 18.2 Å². The number of hydrogen-bond donors (Lipinski definition) is 1. The largest absolute Gasteiger partial charge is 0.496 e. The van der Waals surface area contributed by atoms with Crippen molar-refractivity contribution in [3.63, 3.8) is 0 Å². The molecule has 3 unspecified atom stereocenters. The Bertz CT molecular complexity index is 461. The van der Waals surface area contributed by atoms with E-state index in [2.05, 4.69) is 56.1 Å². The molecule has 0 spiro atoms. The van der Waals surface area contributed by atoms with Crippen molar-refractivity contribution < 1.29 is 4.74 Å². The van der Waals surface area contributed by atoms with Crippen molar-refractivity contribution in [3.05, 3.63) is 23.8 Å². The maximum atomic E-state index is 5.64. The number of rotatable bonds is 5. The molecule has 1 fully saturated rings. The lowest BCUT2D eigenvalue weighted by Gasteiger charge is -2.41. The van der Waals surface area contributed by atoms with Crippen LogP contribution in [0, 0.1) is 5.92 Å². The maximum absolute atomic E-state index is 5.64. The Balaban J connectivity index is 2.42. The third-order valence-corrected chi connectivity index (χ3v) is 4.89. The molecule has 0 bridgehead atoms. The van der Waals surface area contributed by atoms with Crippen LogP contribution < -0.4 is 15.0 Å². The Hall–Kier alpha value is -1.22. The highest BCUT2D eigenvalue weighted by Gasteiger charge is 2.28. The summed E-state index contributed by atoms with van der Waals surface area (Å²) in [5.74, 6) is 1.73. The number of hydrogen-bond acceptors (Lipinski definition) is 3. The zero-order valence-corrected chi connectivity index (χ0v) is 14.1. The van der Waals surface area contributed by atoms with Gasteiger partial charge in [0.1, 0.15) is 5.75 Å². The molecule has 3 heteroatoms. The molecule has 21 heavy (non-hydrogen) atoms. The predicted octanol–water partition coefficient (Wildman–Crippen LogP) is 3.99. The van der Waals surface area contributed by atoms with Gasteiger partial charge in [0.25, 0.3) is 0 Å². The second-order valence-corrected chi connectivity index (χ2v) is 6.23. The van der Waals surface area contributed by atoms with E-state index in [1.807, 2.05) is 0 Å². The summed E-state index contributed by atoms with van der Waals surface area (Å²) < 4.78 is 5.64. The summed E-state index contributed by atoms with van der Waals surface area (Å²) in [7, 11) is 1.77. The molecule has 0 amide bonds. The fourth-order valence-electron chi connectivity index (χ4n) is 3.48. The summed E-state index contributed by atoms with van der Waals surface area (Å²) in [5, 5.41) is 3.54. The minimum absolute atomic E-state index is 0.297. The van der Waals surface area contributed by atoms with Gasteiger partial charge in [-0.3, -0.25) is 0 Å². The van der Waals surface area contributed by atoms with Gasteiger partial charge in [-0.15, -0.1) is 0 Å². The molecule has 0 saturated carbocycles. The average molecular weight is 290 g/mol. The van der Waals surface area contributed by atoms with Crippen molar-refractivity contribution in [1.82, 2.24) is 5.32 Å². The van der Waals surface area contributed by atoms with Crippen LogP contribution in [0.1, 0.15) is 52.1 Å². The predicted molar refractivity (Wildman–Crippen MR) is 90.3 cm³/mol. The van der Waals surface area contributed by atoms with Crippen molar-refractivity contribution in [2.45, 2.75) is 52.6 Å². The zero-order chi connectivity index (χ0) is 15.4. The Kier molecular flexibility index (Phi) is 5.51. The molecule has 1 N–H and O–H groups in total. The second kappa shape index (κ2) is 7.17. The van der Waals surface area contributed by atoms with Crippen LogP contribution in [0.3, 0.4) is 0 Å². The van der Waals surface area contributed by atoms with E-state index in [1.165, 1.54) is 24.1 Å². The van der Waals surface area contributed by atoms with Gasteiger partial charge >= 0.3 is 0 Å². The minimum atomic E-state index is 0.297. The van der Waals surface area contributed by atoms with Crippen LogP contribution in [0.25, 0.3) is 0 Å². The maximum Gasteiger partial charge on any atom is 0.125 e. The van der Waals surface area contributed by atoms with Gasteiger partial charge in [0.05, 0.1) is 7.11 Å². The highest BCUT2D eigenvalue weighted by atomic mass is 16.5. The number of ether oxygens (including phenoxy) is 1. The number of benzene rings is 1. The third-order valence-electron chi connectivity index (χ3n) is 4.89. The first-order valence-electron chi connectivity index (χ1n) is 8.27. The third kappa shape index (κ3) is 3.34. The van der Waals surface area contributed by atoms with Crippen molar-refractivity contribution in [1.29, 1.82) is 0 Å². The Morgan fingerprint density at radius 2 is 2.14 bits per heavy atom. The fourth-order valence-corrected chi connectivity index (χ4v) is 3.48. The molecule has 1 saturated heterocycles. The van der Waals surface area contributed by atoms with Crippen molar-refractivity contribution in [2.75, 3.05) is 25.1 Å². The van der Waals surface area contributed by atoms with E-state index in [9.17, 15) is 0 Å². The second-order valence-electron chi connectivity index (χ2n) is 6.23. The SMILES string of the molecule is CCNC(C)c1c(OC)cccc1N1CCCC(C)C1C. The van der Waals surface area contributed by atoms with E-state index < -0.39 is 0 Å². The first kappa shape index (κ1) is 16.2. The molecular formula is C18H30N2O. The van der Waals surface area contributed by atoms with Gasteiger partial charge in [-0.1, -0.05) is 19.9 Å². The summed E-state index contributed by atoms with van der Waals surface area (Å²) in [6.07, 6.45) is 2.61. The van der Waals surface area contributed by atoms with E-state index in [0.29, 0.717) is 12.1 Å². The van der Waals surface area contributed by atoms with Crippen molar-refractivity contribution in [3.8, 4) is 5.75 Å². The van der Waals surface area contributed by atoms with E-state index in [0.717, 1.165) is 24.8 Å². The van der Waals surface area contributed by atoms with E-state index in [1.54, 1.807) is 7.11 Å². The standard InChI is InChI=1S/C18H30N2O/c1-6-19-14(3)18-16(10-7-11-17(18)21-5)20-12-8-9-13(2)15(20)4/h7,10-11,13-15,19H,6,8-9,12H2,1-5H3. The number of anilines is 1. The summed E-state index contributed by atoms with van der Waals surface area (Å²) in [6.45, 7) is 11.2. The molecule has 3 atom stereocenters. The molecule has 2 rings (SSSR count). The van der Waals surface area contributed by atoms with Crippen LogP contribution in [0.4, 0.5) is 5.69 Å². The first-order chi connectivity index (χ1) is 10.1. The van der Waals surface area contributed by atoms with Crippen LogP contribution in [-0.4, -0.2) is 26.2 Å². The highest BCUT2D eigenvalue weighted by Crippen LogP contribution is 2.38. The number of nitrogens with one attached hydrogen (secondary N) is 1. The van der Waals surface area contributed by atoms with Crippen molar-refractivity contribution in [2.24, 2.45) is 5.92 Å². The van der Waals surface area contributed by atoms with Gasteiger partial charge in [-0.2, -0.15) is 0 Å². The lowest BCUT2D eigenvalue weighted by molar-refractivity contribution is 0.360. The molecule has 0 aliphatic carbocycles. The molecule has 1 aromatic carbocycles. The van der Waals surface area contributed by atoms with Gasteiger partial charge in [-0.05, 0) is 51.3 Å². The molecule has 1 aromatic rings. The van der Waals surface area contributed by atoms with Crippen molar-refractivity contribution >= 4 is 5.69 Å². The van der Waals surface area contributed by atoms with Gasteiger partial charge < -0.3 is 15.0 Å². The number of methoxy groups -OCH3 is 1. The number of piperidine rings is 1. The van der Waals surface area contributed by atoms with Gasteiger partial charge in [0.15, 0.2) is 0 Å². The van der Waals surface area contributed by atoms with E-state index in [4.69, 9.17) is 4.74 Å². The van der Waals surface area contributed by atoms with Gasteiger partial charge in [0, 0.05) is 29.9 Å². The smallest absolute Gasteiger partial charge is 0.125 e. The summed E-state index contributed by atoms with van der Waals surface area (Å²) in [6, 6.07) is 7.32. The van der Waals surface area contributed by atoms with Crippen LogP contribution in [0.2, 0.25) is 0 Å². The van der Waals surface area contributed by atoms with E-state index in [-0.39, 0.29) is 0 Å². The summed E-state index contributed by atoms with van der Waals surface area (Å²) in [5.41, 5.74) is 2.63. The Labute approximate surface area is 129 Å². The van der Waals surface area contributed by atoms with Gasteiger partial charge in [-0.25, -0.2) is 0 Å². The lowest BCUT2D eigenvalue weighted by Crippen LogP contribution is -2.43.